The van der Waals surface area contributed by atoms with Crippen LogP contribution in [-0.4, -0.2) is 18.3 Å². The topological polar surface area (TPSA) is 94.5 Å². The highest BCUT2D eigenvalue weighted by Gasteiger charge is 2.23. The van der Waals surface area contributed by atoms with E-state index in [1.54, 1.807) is 31.4 Å². The molecule has 3 aromatic rings. The summed E-state index contributed by atoms with van der Waals surface area (Å²) in [5.74, 6) is 0.0275. The standard InChI is InChI=1S/C15H13N3O4S/c1-21-11-6-4-10(5-7-11)18-13(15(20)22-17-18)14(19)16-9-12-3-2-8-23-12/h2-8H,9H2,1H3,(H-,16,17,19,20). The first-order chi connectivity index (χ1) is 11.2. The van der Waals surface area contributed by atoms with Crippen LogP contribution in [0, 0.1) is 0 Å². The zero-order valence-corrected chi connectivity index (χ0v) is 13.0. The van der Waals surface area contributed by atoms with Gasteiger partial charge in [0.15, 0.2) is 0 Å². The van der Waals surface area contributed by atoms with Gasteiger partial charge in [0.2, 0.25) is 5.69 Å². The van der Waals surface area contributed by atoms with Gasteiger partial charge in [0.25, 0.3) is 0 Å². The molecule has 0 aliphatic rings. The van der Waals surface area contributed by atoms with Gasteiger partial charge in [0, 0.05) is 17.0 Å². The van der Waals surface area contributed by atoms with Crippen molar-refractivity contribution in [2.24, 2.45) is 4.99 Å². The van der Waals surface area contributed by atoms with Crippen LogP contribution in [0.3, 0.4) is 0 Å². The Morgan fingerprint density at radius 1 is 1.39 bits per heavy atom. The van der Waals surface area contributed by atoms with Crippen molar-refractivity contribution in [3.63, 3.8) is 0 Å². The third-order valence-corrected chi connectivity index (χ3v) is 4.00. The zero-order valence-electron chi connectivity index (χ0n) is 12.2. The van der Waals surface area contributed by atoms with Gasteiger partial charge in [-0.3, -0.25) is 9.52 Å². The van der Waals surface area contributed by atoms with Gasteiger partial charge >= 0.3 is 11.3 Å². The Kier molecular flexibility index (Phi) is 4.24. The van der Waals surface area contributed by atoms with Crippen LogP contribution < -0.4 is 20.2 Å². The number of aromatic nitrogens is 2. The highest BCUT2D eigenvalue weighted by atomic mass is 32.1. The Hall–Kier alpha value is -2.87. The number of thiophene rings is 1. The first-order valence-electron chi connectivity index (χ1n) is 6.71. The number of rotatable bonds is 5. The number of aliphatic imine (C=N–C) groups is 1. The number of hydrogen-bond acceptors (Lipinski definition) is 6. The zero-order chi connectivity index (χ0) is 16.2. The van der Waals surface area contributed by atoms with E-state index in [9.17, 15) is 9.90 Å². The number of H-pyrrole nitrogens is 1. The largest absolute Gasteiger partial charge is 0.854 e. The predicted molar refractivity (Wildman–Crippen MR) is 82.0 cm³/mol. The summed E-state index contributed by atoms with van der Waals surface area (Å²) in [6.45, 7) is 0.226. The smallest absolute Gasteiger partial charge is 0.436 e. The molecule has 7 nitrogen and oxygen atoms in total. The molecular weight excluding hydrogens is 318 g/mol. The van der Waals surface area contributed by atoms with Crippen molar-refractivity contribution in [2.75, 3.05) is 7.11 Å². The van der Waals surface area contributed by atoms with Crippen molar-refractivity contribution in [1.82, 2.24) is 5.27 Å². The summed E-state index contributed by atoms with van der Waals surface area (Å²) in [7, 11) is 1.56. The lowest BCUT2D eigenvalue weighted by Crippen LogP contribution is -2.44. The Balaban J connectivity index is 1.94. The van der Waals surface area contributed by atoms with Gasteiger partial charge in [0.05, 0.1) is 19.6 Å². The number of nitrogens with one attached hydrogen (secondary N) is 1. The normalized spacial score (nSPS) is 11.6. The number of benzene rings is 1. The number of ether oxygens (including phenoxy) is 1. The molecule has 0 aliphatic carbocycles. The maximum Gasteiger partial charge on any atom is 0.436 e. The van der Waals surface area contributed by atoms with Crippen molar-refractivity contribution in [3.05, 3.63) is 62.8 Å². The summed E-state index contributed by atoms with van der Waals surface area (Å²) >= 11 is 1.49. The van der Waals surface area contributed by atoms with E-state index in [4.69, 9.17) is 9.26 Å². The minimum Gasteiger partial charge on any atom is -0.854 e. The molecule has 23 heavy (non-hydrogen) atoms. The summed E-state index contributed by atoms with van der Waals surface area (Å²) in [6.07, 6.45) is 0. The van der Waals surface area contributed by atoms with Gasteiger partial charge in [-0.25, -0.2) is 4.79 Å². The summed E-state index contributed by atoms with van der Waals surface area (Å²) in [4.78, 5) is 16.7. The first-order valence-corrected chi connectivity index (χ1v) is 7.59. The number of hydrogen-bond donors (Lipinski definition) is 1. The lowest BCUT2D eigenvalue weighted by molar-refractivity contribution is -0.673. The maximum atomic E-state index is 12.3. The van der Waals surface area contributed by atoms with Crippen molar-refractivity contribution in [1.29, 1.82) is 0 Å². The van der Waals surface area contributed by atoms with Crippen LogP contribution in [0.2, 0.25) is 0 Å². The average Bonchev–Trinajstić information content (AvgIpc) is 3.22. The third kappa shape index (κ3) is 3.16. The average molecular weight is 331 g/mol. The molecule has 0 aliphatic heterocycles. The van der Waals surface area contributed by atoms with Crippen LogP contribution in [0.25, 0.3) is 5.69 Å². The second-order valence-corrected chi connectivity index (χ2v) is 5.60. The van der Waals surface area contributed by atoms with E-state index in [1.807, 2.05) is 17.5 Å². The molecule has 118 valence electrons. The van der Waals surface area contributed by atoms with E-state index >= 15 is 0 Å². The molecule has 0 unspecified atom stereocenters. The molecule has 8 heteroatoms. The van der Waals surface area contributed by atoms with Crippen LogP contribution in [-0.2, 0) is 6.54 Å². The molecule has 0 saturated carbocycles. The Morgan fingerprint density at radius 2 is 2.17 bits per heavy atom. The molecule has 0 fully saturated rings. The van der Waals surface area contributed by atoms with Crippen LogP contribution in [0.4, 0.5) is 0 Å². The van der Waals surface area contributed by atoms with Crippen molar-refractivity contribution < 1.29 is 19.0 Å². The molecule has 0 bridgehead atoms. The summed E-state index contributed by atoms with van der Waals surface area (Å²) < 4.78 is 11.1. The molecule has 0 radical (unpaired) electrons. The van der Waals surface area contributed by atoms with Gasteiger partial charge < -0.3 is 9.84 Å². The monoisotopic (exact) mass is 331 g/mol. The van der Waals surface area contributed by atoms with E-state index in [2.05, 4.69) is 10.3 Å². The number of aromatic amines is 1. The van der Waals surface area contributed by atoms with E-state index in [1.165, 1.54) is 16.0 Å². The van der Waals surface area contributed by atoms with Gasteiger partial charge in [0.1, 0.15) is 5.75 Å². The van der Waals surface area contributed by atoms with E-state index in [0.717, 1.165) is 4.88 Å². The predicted octanol–water partition coefficient (Wildman–Crippen LogP) is 0.622. The molecule has 1 aromatic carbocycles. The maximum absolute atomic E-state index is 12.3. The molecule has 0 atom stereocenters. The molecule has 0 amide bonds. The van der Waals surface area contributed by atoms with Gasteiger partial charge in [-0.2, -0.15) is 0 Å². The fourth-order valence-electron chi connectivity index (χ4n) is 2.00. The Labute approximate surface area is 135 Å². The third-order valence-electron chi connectivity index (χ3n) is 3.14. The quantitative estimate of drug-likeness (QED) is 0.421. The SMILES string of the molecule is COc1ccc(-[n+]2[nH]oc(=O)c2C([O-])=NCc2cccs2)cc1. The van der Waals surface area contributed by atoms with E-state index in [-0.39, 0.29) is 12.2 Å². The van der Waals surface area contributed by atoms with Crippen LogP contribution >= 0.6 is 11.3 Å². The number of methoxy groups -OCH3 is 1. The van der Waals surface area contributed by atoms with Gasteiger partial charge in [-0.15, -0.1) is 11.3 Å². The first kappa shape index (κ1) is 15.0. The van der Waals surface area contributed by atoms with Crippen LogP contribution in [0.15, 0.2) is 56.1 Å². The van der Waals surface area contributed by atoms with Gasteiger partial charge in [-0.05, 0) is 33.5 Å². The Bertz CT molecular complexity index is 863. The lowest BCUT2D eigenvalue weighted by Gasteiger charge is -2.04. The van der Waals surface area contributed by atoms with Crippen molar-refractivity contribution in [2.45, 2.75) is 6.54 Å². The fraction of sp³-hybridized carbons (Fsp3) is 0.133. The second-order valence-electron chi connectivity index (χ2n) is 4.56. The van der Waals surface area contributed by atoms with Crippen molar-refractivity contribution >= 4 is 17.2 Å². The summed E-state index contributed by atoms with van der Waals surface area (Å²) in [6, 6.07) is 10.6. The fourth-order valence-corrected chi connectivity index (χ4v) is 2.62. The van der Waals surface area contributed by atoms with Gasteiger partial charge in [-0.1, -0.05) is 6.07 Å². The molecule has 1 N–H and O–H groups in total. The van der Waals surface area contributed by atoms with E-state index < -0.39 is 11.5 Å². The minimum atomic E-state index is -0.763. The number of nitrogens with zero attached hydrogens (tertiary/aromatic N) is 2. The summed E-state index contributed by atoms with van der Waals surface area (Å²) in [5.41, 5.74) is -0.376. The molecule has 3 rings (SSSR count). The molecule has 0 spiro atoms. The second kappa shape index (κ2) is 6.49. The summed E-state index contributed by atoms with van der Waals surface area (Å²) in [5, 5.41) is 16.6. The molecular formula is C15H13N3O4S. The molecule has 2 heterocycles. The highest BCUT2D eigenvalue weighted by molar-refractivity contribution is 7.09. The van der Waals surface area contributed by atoms with Crippen molar-refractivity contribution in [3.8, 4) is 11.4 Å². The van der Waals surface area contributed by atoms with Crippen LogP contribution in [0.5, 0.6) is 5.75 Å². The molecule has 0 saturated heterocycles. The van der Waals surface area contributed by atoms with E-state index in [0.29, 0.717) is 11.4 Å². The lowest BCUT2D eigenvalue weighted by atomic mass is 10.3. The Morgan fingerprint density at radius 3 is 2.83 bits per heavy atom. The minimum absolute atomic E-state index is 0.174. The van der Waals surface area contributed by atoms with Crippen LogP contribution in [0.1, 0.15) is 10.6 Å². The highest BCUT2D eigenvalue weighted by Crippen LogP contribution is 2.11. The molecule has 2 aromatic heterocycles.